The number of carbonyl (C=O) groups excluding carboxylic acids is 1. The topological polar surface area (TPSA) is 63.1 Å². The fourth-order valence-electron chi connectivity index (χ4n) is 4.40. The molecule has 0 aliphatic heterocycles. The first-order chi connectivity index (χ1) is 17.5. The van der Waals surface area contributed by atoms with E-state index < -0.39 is 0 Å². The summed E-state index contributed by atoms with van der Waals surface area (Å²) in [5.74, 6) is 0.982. The van der Waals surface area contributed by atoms with Crippen LogP contribution < -0.4 is 0 Å². The first-order valence-corrected chi connectivity index (χ1v) is 13.3. The van der Waals surface area contributed by atoms with Crippen LogP contribution in [0.1, 0.15) is 91.2 Å². The van der Waals surface area contributed by atoms with E-state index in [2.05, 4.69) is 67.1 Å². The van der Waals surface area contributed by atoms with Crippen LogP contribution in [-0.4, -0.2) is 20.9 Å². The third-order valence-corrected chi connectivity index (χ3v) is 6.76. The van der Waals surface area contributed by atoms with Crippen molar-refractivity contribution >= 4 is 16.7 Å². The molecule has 1 radical (unpaired) electrons. The maximum Gasteiger partial charge on any atom is 0.162 e. The molecule has 0 fully saturated rings. The van der Waals surface area contributed by atoms with Crippen LogP contribution in [0.3, 0.4) is 0 Å². The summed E-state index contributed by atoms with van der Waals surface area (Å²) in [4.78, 5) is 20.4. The number of aryl methyl sites for hydroxylation is 2. The van der Waals surface area contributed by atoms with Crippen molar-refractivity contribution in [3.63, 3.8) is 0 Å². The molecule has 0 amide bonds. The van der Waals surface area contributed by atoms with Crippen molar-refractivity contribution in [2.45, 2.75) is 87.0 Å². The summed E-state index contributed by atoms with van der Waals surface area (Å²) in [6.07, 6.45) is 4.96. The minimum atomic E-state index is 0. The summed E-state index contributed by atoms with van der Waals surface area (Å²) < 4.78 is 7.92. The predicted octanol–water partition coefficient (Wildman–Crippen LogP) is 8.70. The number of hydrogen-bond acceptors (Lipinski definition) is 4. The molecule has 2 aromatic carbocycles. The van der Waals surface area contributed by atoms with Crippen LogP contribution in [0.4, 0.5) is 0 Å². The Morgan fingerprint density at radius 2 is 1.62 bits per heavy atom. The number of aliphatic hydroxyl groups excluding tert-OH is 1. The maximum absolute atomic E-state index is 11.7. The summed E-state index contributed by atoms with van der Waals surface area (Å²) in [6.45, 7) is 16.5. The Morgan fingerprint density at radius 1 is 1.00 bits per heavy atom. The van der Waals surface area contributed by atoms with E-state index in [-0.39, 0.29) is 49.8 Å². The Morgan fingerprint density at radius 3 is 2.16 bits per heavy atom. The molecule has 0 atom stereocenters. The van der Waals surface area contributed by atoms with E-state index in [4.69, 9.17) is 1.37 Å². The van der Waals surface area contributed by atoms with Gasteiger partial charge in [-0.15, -0.1) is 34.9 Å². The van der Waals surface area contributed by atoms with Crippen molar-refractivity contribution in [2.75, 3.05) is 0 Å². The van der Waals surface area contributed by atoms with E-state index >= 15 is 0 Å². The summed E-state index contributed by atoms with van der Waals surface area (Å²) in [7, 11) is 0. The van der Waals surface area contributed by atoms with Gasteiger partial charge in [0, 0.05) is 38.0 Å². The van der Waals surface area contributed by atoms with Crippen LogP contribution in [0, 0.1) is 31.7 Å². The van der Waals surface area contributed by atoms with E-state index in [1.165, 1.54) is 17.2 Å². The Balaban J connectivity index is 0.000000401. The smallest absolute Gasteiger partial charge is 0.162 e. The molecule has 4 nitrogen and oxygen atoms in total. The first-order valence-electron chi connectivity index (χ1n) is 13.8. The van der Waals surface area contributed by atoms with Crippen LogP contribution in [0.15, 0.2) is 48.5 Å². The largest absolute Gasteiger partial charge is 0.512 e. The molecule has 3 aromatic rings. The normalized spacial score (nSPS) is 11.9. The van der Waals surface area contributed by atoms with Gasteiger partial charge in [0.2, 0.25) is 0 Å². The molecule has 0 saturated heterocycles. The van der Waals surface area contributed by atoms with Crippen molar-refractivity contribution in [2.24, 2.45) is 11.8 Å². The summed E-state index contributed by atoms with van der Waals surface area (Å²) >= 11 is 0. The fraction of sp³-hybridized carbons (Fsp3) is 0.469. The minimum Gasteiger partial charge on any atom is -0.512 e. The van der Waals surface area contributed by atoms with Crippen molar-refractivity contribution in [1.29, 1.82) is 0 Å². The van der Waals surface area contributed by atoms with Crippen molar-refractivity contribution in [3.05, 3.63) is 71.2 Å². The van der Waals surface area contributed by atoms with Gasteiger partial charge in [0.15, 0.2) is 5.78 Å². The SMILES string of the molecule is CCC(CC)C(=O)/C=C(\O)C(CC)CC.[2H]c1nc(-c2[c-]c(C)cc(C)c2)c2ccc(C(C)C)cc2n1.[Ir]. The van der Waals surface area contributed by atoms with Crippen LogP contribution in [0.25, 0.3) is 22.2 Å². The molecule has 0 spiro atoms. The Labute approximate surface area is 238 Å². The van der Waals surface area contributed by atoms with E-state index in [9.17, 15) is 9.90 Å². The Bertz CT molecular complexity index is 1210. The first kappa shape index (κ1) is 30.9. The number of nitrogens with zero attached hydrogens (tertiary/aromatic N) is 2. The van der Waals surface area contributed by atoms with E-state index in [1.807, 2.05) is 34.6 Å². The molecule has 0 aliphatic carbocycles. The molecule has 0 saturated carbocycles. The minimum absolute atomic E-state index is 0. The number of rotatable bonds is 9. The van der Waals surface area contributed by atoms with Gasteiger partial charge in [-0.2, -0.15) is 0 Å². The number of benzene rings is 2. The maximum atomic E-state index is 11.7. The summed E-state index contributed by atoms with van der Waals surface area (Å²) in [6, 6.07) is 13.7. The van der Waals surface area contributed by atoms with Crippen LogP contribution in [0.2, 0.25) is 0 Å². The number of aromatic nitrogens is 2. The van der Waals surface area contributed by atoms with Gasteiger partial charge in [0.25, 0.3) is 0 Å². The molecule has 37 heavy (non-hydrogen) atoms. The molecular weight excluding hydrogens is 637 g/mol. The molecule has 1 N–H and O–H groups in total. The van der Waals surface area contributed by atoms with Gasteiger partial charge in [0.1, 0.15) is 7.67 Å². The zero-order valence-corrected chi connectivity index (χ0v) is 26.0. The molecule has 0 unspecified atom stereocenters. The van der Waals surface area contributed by atoms with Gasteiger partial charge in [-0.05, 0) is 54.3 Å². The zero-order valence-electron chi connectivity index (χ0n) is 24.6. The van der Waals surface area contributed by atoms with Gasteiger partial charge in [-0.25, -0.2) is 4.98 Å². The molecular formula is C32H43IrN2O2-. The quantitative estimate of drug-likeness (QED) is 0.140. The van der Waals surface area contributed by atoms with E-state index in [0.29, 0.717) is 5.92 Å². The third-order valence-electron chi connectivity index (χ3n) is 6.76. The zero-order chi connectivity index (χ0) is 27.7. The molecule has 0 bridgehead atoms. The molecule has 1 heterocycles. The predicted molar refractivity (Wildman–Crippen MR) is 151 cm³/mol. The van der Waals surface area contributed by atoms with Gasteiger partial charge in [-0.1, -0.05) is 67.5 Å². The standard InChI is InChI=1S/C19H19N2.C13H24O2.Ir/c1-12(2)15-5-6-17-18(10-15)20-11-21-19(17)16-8-13(3)7-14(4)9-16;1-5-10(6-2)12(14)9-13(15)11(7-3)8-4;/h5-8,10-12H,1-4H3;9-11,14H,5-8H2,1-4H3;/q-1;;/b;12-9-;/i11D;;. The molecule has 0 aliphatic rings. The summed E-state index contributed by atoms with van der Waals surface area (Å²) in [5, 5.41) is 10.7. The van der Waals surface area contributed by atoms with E-state index in [0.717, 1.165) is 53.4 Å². The van der Waals surface area contributed by atoms with Crippen molar-refractivity contribution in [3.8, 4) is 11.3 Å². The van der Waals surface area contributed by atoms with Crippen LogP contribution in [0.5, 0.6) is 0 Å². The Kier molecular flexibility index (Phi) is 13.2. The van der Waals surface area contributed by atoms with E-state index in [1.54, 1.807) is 0 Å². The average Bonchev–Trinajstić information content (AvgIpc) is 2.84. The molecule has 3 rings (SSSR count). The second-order valence-corrected chi connectivity index (χ2v) is 9.86. The fourth-order valence-corrected chi connectivity index (χ4v) is 4.40. The third kappa shape index (κ3) is 9.16. The van der Waals surface area contributed by atoms with Crippen LogP contribution in [-0.2, 0) is 24.9 Å². The van der Waals surface area contributed by atoms with Gasteiger partial charge < -0.3 is 5.11 Å². The molecule has 1 aromatic heterocycles. The van der Waals surface area contributed by atoms with Gasteiger partial charge >= 0.3 is 0 Å². The number of aliphatic hydroxyl groups is 1. The molecule has 5 heteroatoms. The monoisotopic (exact) mass is 681 g/mol. The van der Waals surface area contributed by atoms with Crippen LogP contribution >= 0.6 is 0 Å². The van der Waals surface area contributed by atoms with Crippen molar-refractivity contribution in [1.82, 2.24) is 9.97 Å². The number of allylic oxidation sites excluding steroid dienone is 2. The number of carbonyl (C=O) groups is 1. The van der Waals surface area contributed by atoms with Gasteiger partial charge in [0.05, 0.1) is 11.3 Å². The van der Waals surface area contributed by atoms with Gasteiger partial charge in [-0.3, -0.25) is 9.78 Å². The average molecular weight is 681 g/mol. The second-order valence-electron chi connectivity index (χ2n) is 9.86. The number of ketones is 1. The summed E-state index contributed by atoms with van der Waals surface area (Å²) in [5.41, 5.74) is 6.01. The molecule has 203 valence electrons. The second kappa shape index (κ2) is 15.8. The number of fused-ring (bicyclic) bond motifs is 1. The number of hydrogen-bond donors (Lipinski definition) is 1. The van der Waals surface area contributed by atoms with Crippen molar-refractivity contribution < 1.29 is 31.4 Å². The Hall–Kier alpha value is -2.36.